The maximum absolute atomic E-state index is 12.3. The first-order valence-corrected chi connectivity index (χ1v) is 8.17. The number of nitrogens with one attached hydrogen (secondary N) is 4. The molecule has 0 radical (unpaired) electrons. The Morgan fingerprint density at radius 1 is 0.893 bits per heavy atom. The fourth-order valence-corrected chi connectivity index (χ4v) is 2.06. The van der Waals surface area contributed by atoms with Crippen LogP contribution in [0, 0.1) is 5.41 Å². The Labute approximate surface area is 160 Å². The van der Waals surface area contributed by atoms with Gasteiger partial charge in [0.2, 0.25) is 23.6 Å². The SMILES string of the molecule is N=C(N)NCCC[C@H](NC(=O)[C@H](CC(N)=O)NC(=O)[C@@H](N)CC(N)=O)C(=O)O. The van der Waals surface area contributed by atoms with Crippen LogP contribution in [0.1, 0.15) is 25.7 Å². The molecule has 0 spiro atoms. The number of hydrogen-bond donors (Lipinski definition) is 9. The lowest BCUT2D eigenvalue weighted by Crippen LogP contribution is -2.55. The average Bonchev–Trinajstić information content (AvgIpc) is 2.55. The van der Waals surface area contributed by atoms with Crippen molar-refractivity contribution in [2.24, 2.45) is 22.9 Å². The minimum Gasteiger partial charge on any atom is -0.480 e. The van der Waals surface area contributed by atoms with Crippen molar-refractivity contribution in [2.75, 3.05) is 6.54 Å². The van der Waals surface area contributed by atoms with Gasteiger partial charge < -0.3 is 44.0 Å². The Morgan fingerprint density at radius 3 is 1.89 bits per heavy atom. The van der Waals surface area contributed by atoms with Crippen LogP contribution < -0.4 is 38.9 Å². The van der Waals surface area contributed by atoms with E-state index in [0.717, 1.165) is 0 Å². The van der Waals surface area contributed by atoms with E-state index in [4.69, 9.17) is 28.3 Å². The molecule has 0 saturated heterocycles. The van der Waals surface area contributed by atoms with E-state index < -0.39 is 60.6 Å². The molecule has 3 atom stereocenters. The summed E-state index contributed by atoms with van der Waals surface area (Å²) in [5, 5.41) is 23.0. The minimum absolute atomic E-state index is 0.0141. The lowest BCUT2D eigenvalue weighted by molar-refractivity contribution is -0.142. The van der Waals surface area contributed by atoms with Crippen LogP contribution in [0.5, 0.6) is 0 Å². The topological polar surface area (TPSA) is 270 Å². The number of hydrogen-bond acceptors (Lipinski definition) is 7. The second-order valence-electron chi connectivity index (χ2n) is 5.89. The summed E-state index contributed by atoms with van der Waals surface area (Å²) in [6.07, 6.45) is -0.857. The summed E-state index contributed by atoms with van der Waals surface area (Å²) in [7, 11) is 0. The molecule has 0 fully saturated rings. The maximum Gasteiger partial charge on any atom is 0.326 e. The van der Waals surface area contributed by atoms with Crippen LogP contribution in [0.25, 0.3) is 0 Å². The highest BCUT2D eigenvalue weighted by molar-refractivity contribution is 5.95. The van der Waals surface area contributed by atoms with Crippen LogP contribution in [0.4, 0.5) is 0 Å². The van der Waals surface area contributed by atoms with Crippen LogP contribution in [0.15, 0.2) is 0 Å². The molecule has 4 amide bonds. The second kappa shape index (κ2) is 12.1. The number of carboxylic acids is 1. The van der Waals surface area contributed by atoms with Crippen molar-refractivity contribution in [3.05, 3.63) is 0 Å². The lowest BCUT2D eigenvalue weighted by atomic mass is 10.1. The molecule has 0 rings (SSSR count). The lowest BCUT2D eigenvalue weighted by Gasteiger charge is -2.22. The van der Waals surface area contributed by atoms with Crippen LogP contribution in [0.3, 0.4) is 0 Å². The molecule has 0 saturated carbocycles. The highest BCUT2D eigenvalue weighted by Gasteiger charge is 2.29. The number of rotatable bonds is 13. The van der Waals surface area contributed by atoms with E-state index in [9.17, 15) is 29.1 Å². The zero-order valence-corrected chi connectivity index (χ0v) is 15.1. The summed E-state index contributed by atoms with van der Waals surface area (Å²) < 4.78 is 0. The number of carbonyl (C=O) groups excluding carboxylic acids is 4. The van der Waals surface area contributed by atoms with Gasteiger partial charge >= 0.3 is 5.97 Å². The summed E-state index contributed by atoms with van der Waals surface area (Å²) in [5.41, 5.74) is 20.5. The van der Waals surface area contributed by atoms with Gasteiger partial charge in [-0.15, -0.1) is 0 Å². The Morgan fingerprint density at radius 2 is 1.43 bits per heavy atom. The molecular formula is C14H26N8O6. The predicted octanol–water partition coefficient (Wildman–Crippen LogP) is -4.62. The highest BCUT2D eigenvalue weighted by Crippen LogP contribution is 2.01. The molecule has 13 N–H and O–H groups in total. The molecule has 0 bridgehead atoms. The van der Waals surface area contributed by atoms with E-state index >= 15 is 0 Å². The van der Waals surface area contributed by atoms with E-state index in [2.05, 4.69) is 16.0 Å². The van der Waals surface area contributed by atoms with E-state index in [1.807, 2.05) is 0 Å². The molecular weight excluding hydrogens is 376 g/mol. The van der Waals surface area contributed by atoms with E-state index in [-0.39, 0.29) is 25.3 Å². The van der Waals surface area contributed by atoms with Crippen molar-refractivity contribution in [3.8, 4) is 0 Å². The highest BCUT2D eigenvalue weighted by atomic mass is 16.4. The summed E-state index contributed by atoms with van der Waals surface area (Å²) in [4.78, 5) is 57.5. The van der Waals surface area contributed by atoms with Crippen LogP contribution >= 0.6 is 0 Å². The predicted molar refractivity (Wildman–Crippen MR) is 96.2 cm³/mol. The first kappa shape index (κ1) is 24.6. The van der Waals surface area contributed by atoms with E-state index in [1.54, 1.807) is 0 Å². The fraction of sp³-hybridized carbons (Fsp3) is 0.571. The molecule has 0 aromatic rings. The fourth-order valence-electron chi connectivity index (χ4n) is 2.06. The van der Waals surface area contributed by atoms with Gasteiger partial charge in [-0.2, -0.15) is 0 Å². The summed E-state index contributed by atoms with van der Waals surface area (Å²) in [5.74, 6) is -5.30. The number of nitrogens with two attached hydrogens (primary N) is 4. The Hall–Kier alpha value is -3.42. The maximum atomic E-state index is 12.3. The Bertz CT molecular complexity index is 625. The number of guanidine groups is 1. The quantitative estimate of drug-likeness (QED) is 0.0812. The molecule has 0 aromatic heterocycles. The van der Waals surface area contributed by atoms with Gasteiger partial charge in [0.15, 0.2) is 5.96 Å². The van der Waals surface area contributed by atoms with Gasteiger partial charge in [0, 0.05) is 6.54 Å². The molecule has 14 nitrogen and oxygen atoms in total. The molecule has 0 aromatic carbocycles. The largest absolute Gasteiger partial charge is 0.480 e. The number of primary amides is 2. The van der Waals surface area contributed by atoms with Gasteiger partial charge in [0.1, 0.15) is 12.1 Å². The monoisotopic (exact) mass is 402 g/mol. The number of amides is 4. The van der Waals surface area contributed by atoms with Gasteiger partial charge in [-0.1, -0.05) is 0 Å². The normalized spacial score (nSPS) is 13.5. The number of aliphatic carboxylic acids is 1. The van der Waals surface area contributed by atoms with Crippen molar-refractivity contribution >= 4 is 35.6 Å². The molecule has 0 aliphatic rings. The van der Waals surface area contributed by atoms with Crippen molar-refractivity contribution in [3.63, 3.8) is 0 Å². The van der Waals surface area contributed by atoms with Crippen molar-refractivity contribution in [1.29, 1.82) is 5.41 Å². The van der Waals surface area contributed by atoms with Gasteiger partial charge in [-0.3, -0.25) is 24.6 Å². The standard InChI is InChI=1S/C14H26N8O6/c15-6(4-9(16)23)11(25)22-8(5-10(17)24)12(26)21-7(13(27)28)2-1-3-20-14(18)19/h6-8H,1-5,15H2,(H2,16,23)(H2,17,24)(H,21,26)(H,22,25)(H,27,28)(H4,18,19,20)/t6-,7-,8-/m0/s1. The van der Waals surface area contributed by atoms with Crippen molar-refractivity contribution in [1.82, 2.24) is 16.0 Å². The molecule has 0 aliphatic heterocycles. The summed E-state index contributed by atoms with van der Waals surface area (Å²) >= 11 is 0. The molecule has 14 heteroatoms. The molecule has 0 aliphatic carbocycles. The molecule has 158 valence electrons. The van der Waals surface area contributed by atoms with Gasteiger partial charge in [0.05, 0.1) is 18.9 Å². The molecule has 0 heterocycles. The molecule has 0 unspecified atom stereocenters. The average molecular weight is 402 g/mol. The van der Waals surface area contributed by atoms with Crippen LogP contribution in [-0.2, 0) is 24.0 Å². The Kier molecular flexibility index (Phi) is 10.6. The Balaban J connectivity index is 4.97. The van der Waals surface area contributed by atoms with Gasteiger partial charge in [-0.05, 0) is 12.8 Å². The third kappa shape index (κ3) is 10.5. The smallest absolute Gasteiger partial charge is 0.326 e. The minimum atomic E-state index is -1.49. The van der Waals surface area contributed by atoms with Crippen LogP contribution in [0.2, 0.25) is 0 Å². The van der Waals surface area contributed by atoms with E-state index in [0.29, 0.717) is 0 Å². The van der Waals surface area contributed by atoms with E-state index in [1.165, 1.54) is 0 Å². The number of carbonyl (C=O) groups is 5. The van der Waals surface area contributed by atoms with Crippen molar-refractivity contribution in [2.45, 2.75) is 43.8 Å². The van der Waals surface area contributed by atoms with Gasteiger partial charge in [0.25, 0.3) is 0 Å². The first-order chi connectivity index (χ1) is 12.9. The zero-order chi connectivity index (χ0) is 21.9. The molecule has 28 heavy (non-hydrogen) atoms. The zero-order valence-electron chi connectivity index (χ0n) is 15.1. The van der Waals surface area contributed by atoms with Gasteiger partial charge in [-0.25, -0.2) is 4.79 Å². The number of carboxylic acid groups (broad SMARTS) is 1. The van der Waals surface area contributed by atoms with Crippen molar-refractivity contribution < 1.29 is 29.1 Å². The second-order valence-corrected chi connectivity index (χ2v) is 5.89. The summed E-state index contributed by atoms with van der Waals surface area (Å²) in [6, 6.07) is -4.16. The first-order valence-electron chi connectivity index (χ1n) is 8.17. The van der Waals surface area contributed by atoms with Crippen LogP contribution in [-0.4, -0.2) is 65.3 Å². The third-order valence-corrected chi connectivity index (χ3v) is 3.40. The third-order valence-electron chi connectivity index (χ3n) is 3.40. The summed E-state index contributed by atoms with van der Waals surface area (Å²) in [6.45, 7) is 0.207.